The number of benzene rings is 1. The highest BCUT2D eigenvalue weighted by atomic mass is 16.5. The molecule has 0 aliphatic carbocycles. The first-order valence-corrected chi connectivity index (χ1v) is 9.62. The van der Waals surface area contributed by atoms with Gasteiger partial charge in [-0.25, -0.2) is 0 Å². The molecule has 0 fully saturated rings. The largest absolute Gasteiger partial charge is 0.494 e. The lowest BCUT2D eigenvalue weighted by atomic mass is 10.1. The summed E-state index contributed by atoms with van der Waals surface area (Å²) in [5.41, 5.74) is 4.87. The highest BCUT2D eigenvalue weighted by Crippen LogP contribution is 2.14. The van der Waals surface area contributed by atoms with Gasteiger partial charge in [-0.15, -0.1) is 0 Å². The number of aromatic nitrogens is 2. The Bertz CT molecular complexity index is 766. The number of hydrogen-bond donors (Lipinski definition) is 2. The lowest BCUT2D eigenvalue weighted by molar-refractivity contribution is 0.340. The molecule has 1 aromatic heterocycles. The van der Waals surface area contributed by atoms with Gasteiger partial charge in [0, 0.05) is 32.4 Å². The summed E-state index contributed by atoms with van der Waals surface area (Å²) in [6.45, 7) is 9.85. The molecule has 1 atom stereocenters. The van der Waals surface area contributed by atoms with Crippen molar-refractivity contribution in [2.45, 2.75) is 46.6 Å². The van der Waals surface area contributed by atoms with Crippen molar-refractivity contribution >= 4 is 5.96 Å². The van der Waals surface area contributed by atoms with E-state index in [9.17, 15) is 0 Å². The highest BCUT2D eigenvalue weighted by molar-refractivity contribution is 5.79. The second kappa shape index (κ2) is 10.00. The molecule has 2 aromatic rings. The monoisotopic (exact) mass is 371 g/mol. The maximum Gasteiger partial charge on any atom is 0.191 e. The fraction of sp³-hybridized carbons (Fsp3) is 0.524. The molecule has 1 aromatic carbocycles. The van der Waals surface area contributed by atoms with Crippen LogP contribution in [0.1, 0.15) is 36.4 Å². The Labute approximate surface area is 163 Å². The second-order valence-electron chi connectivity index (χ2n) is 6.85. The van der Waals surface area contributed by atoms with E-state index in [0.717, 1.165) is 36.8 Å². The molecule has 0 aliphatic heterocycles. The molecule has 2 N–H and O–H groups in total. The maximum atomic E-state index is 5.56. The average molecular weight is 372 g/mol. The van der Waals surface area contributed by atoms with Gasteiger partial charge in [-0.1, -0.05) is 12.1 Å². The van der Waals surface area contributed by atoms with Gasteiger partial charge >= 0.3 is 0 Å². The lowest BCUT2D eigenvalue weighted by Crippen LogP contribution is -2.43. The number of hydrogen-bond acceptors (Lipinski definition) is 3. The number of nitrogens with zero attached hydrogens (tertiary/aromatic N) is 3. The summed E-state index contributed by atoms with van der Waals surface area (Å²) in [7, 11) is 3.79. The van der Waals surface area contributed by atoms with Crippen LogP contribution in [0.3, 0.4) is 0 Å². The molecule has 0 amide bonds. The number of rotatable bonds is 8. The molecule has 2 rings (SSSR count). The van der Waals surface area contributed by atoms with E-state index in [1.165, 1.54) is 16.8 Å². The van der Waals surface area contributed by atoms with Gasteiger partial charge in [0.25, 0.3) is 0 Å². The van der Waals surface area contributed by atoms with Crippen LogP contribution in [0.25, 0.3) is 0 Å². The summed E-state index contributed by atoms with van der Waals surface area (Å²) in [5, 5.41) is 11.4. The topological polar surface area (TPSA) is 63.5 Å². The standard InChI is InChI=1S/C21H33N5O/c1-7-27-19-10-8-9-18(14-19)11-12-23-21(22-5)24-15(2)13-20-16(3)25-26(6)17(20)4/h8-10,14-15H,7,11-13H2,1-6H3,(H2,22,23,24). The molecule has 0 saturated heterocycles. The minimum Gasteiger partial charge on any atom is -0.494 e. The predicted molar refractivity (Wildman–Crippen MR) is 112 cm³/mol. The Morgan fingerprint density at radius 3 is 2.74 bits per heavy atom. The van der Waals surface area contributed by atoms with Gasteiger partial charge in [0.1, 0.15) is 5.75 Å². The van der Waals surface area contributed by atoms with Crippen molar-refractivity contribution in [2.24, 2.45) is 12.0 Å². The molecule has 148 valence electrons. The van der Waals surface area contributed by atoms with E-state index in [-0.39, 0.29) is 6.04 Å². The summed E-state index contributed by atoms with van der Waals surface area (Å²) in [6, 6.07) is 8.51. The van der Waals surface area contributed by atoms with E-state index in [1.807, 2.05) is 30.8 Å². The number of aliphatic imine (C=N–C) groups is 1. The summed E-state index contributed by atoms with van der Waals surface area (Å²) >= 11 is 0. The number of ether oxygens (including phenoxy) is 1. The normalized spacial score (nSPS) is 12.7. The Morgan fingerprint density at radius 1 is 1.33 bits per heavy atom. The molecule has 27 heavy (non-hydrogen) atoms. The van der Waals surface area contributed by atoms with E-state index in [4.69, 9.17) is 4.74 Å². The van der Waals surface area contributed by atoms with Crippen LogP contribution in [-0.2, 0) is 19.9 Å². The van der Waals surface area contributed by atoms with Crippen LogP contribution < -0.4 is 15.4 Å². The molecule has 0 bridgehead atoms. The van der Waals surface area contributed by atoms with Gasteiger partial charge in [0.15, 0.2) is 5.96 Å². The summed E-state index contributed by atoms with van der Waals surface area (Å²) in [6.07, 6.45) is 1.83. The summed E-state index contributed by atoms with van der Waals surface area (Å²) in [5.74, 6) is 1.75. The van der Waals surface area contributed by atoms with E-state index in [2.05, 4.69) is 53.6 Å². The predicted octanol–water partition coefficient (Wildman–Crippen LogP) is 2.77. The van der Waals surface area contributed by atoms with Gasteiger partial charge in [-0.2, -0.15) is 5.10 Å². The van der Waals surface area contributed by atoms with Gasteiger partial charge in [0.05, 0.1) is 12.3 Å². The third-order valence-electron chi connectivity index (χ3n) is 4.69. The maximum absolute atomic E-state index is 5.56. The summed E-state index contributed by atoms with van der Waals surface area (Å²) < 4.78 is 7.51. The molecule has 6 heteroatoms. The third kappa shape index (κ3) is 6.01. The van der Waals surface area contributed by atoms with Crippen LogP contribution in [-0.4, -0.2) is 42.0 Å². The zero-order valence-electron chi connectivity index (χ0n) is 17.5. The van der Waals surface area contributed by atoms with Gasteiger partial charge in [-0.05, 0) is 63.8 Å². The van der Waals surface area contributed by atoms with Gasteiger partial charge in [-0.3, -0.25) is 9.67 Å². The Kier molecular flexibility index (Phi) is 7.70. The fourth-order valence-corrected chi connectivity index (χ4v) is 3.18. The number of guanidine groups is 1. The first-order valence-electron chi connectivity index (χ1n) is 9.62. The van der Waals surface area contributed by atoms with Crippen molar-refractivity contribution in [1.82, 2.24) is 20.4 Å². The van der Waals surface area contributed by atoms with Gasteiger partial charge in [0.2, 0.25) is 0 Å². The Balaban J connectivity index is 1.84. The molecule has 0 aliphatic rings. The first-order chi connectivity index (χ1) is 12.9. The number of nitrogens with one attached hydrogen (secondary N) is 2. The van der Waals surface area contributed by atoms with Crippen molar-refractivity contribution in [2.75, 3.05) is 20.2 Å². The van der Waals surface area contributed by atoms with Crippen molar-refractivity contribution in [3.05, 3.63) is 46.8 Å². The smallest absolute Gasteiger partial charge is 0.191 e. The molecule has 6 nitrogen and oxygen atoms in total. The van der Waals surface area contributed by atoms with Crippen LogP contribution in [0.2, 0.25) is 0 Å². The zero-order valence-corrected chi connectivity index (χ0v) is 17.5. The second-order valence-corrected chi connectivity index (χ2v) is 6.85. The van der Waals surface area contributed by atoms with Crippen LogP contribution in [0.4, 0.5) is 0 Å². The van der Waals surface area contributed by atoms with Crippen LogP contribution in [0.15, 0.2) is 29.3 Å². The quantitative estimate of drug-likeness (QED) is 0.553. The van der Waals surface area contributed by atoms with E-state index < -0.39 is 0 Å². The number of aryl methyl sites for hydroxylation is 2. The molecule has 0 radical (unpaired) electrons. The highest BCUT2D eigenvalue weighted by Gasteiger charge is 2.13. The van der Waals surface area contributed by atoms with Crippen LogP contribution in [0.5, 0.6) is 5.75 Å². The van der Waals surface area contributed by atoms with Crippen molar-refractivity contribution in [3.63, 3.8) is 0 Å². The van der Waals surface area contributed by atoms with E-state index in [0.29, 0.717) is 6.61 Å². The third-order valence-corrected chi connectivity index (χ3v) is 4.69. The van der Waals surface area contributed by atoms with Crippen molar-refractivity contribution in [3.8, 4) is 5.75 Å². The molecule has 0 saturated carbocycles. The van der Waals surface area contributed by atoms with Crippen molar-refractivity contribution < 1.29 is 4.74 Å². The van der Waals surface area contributed by atoms with Crippen LogP contribution in [0, 0.1) is 13.8 Å². The average Bonchev–Trinajstić information content (AvgIpc) is 2.87. The Morgan fingerprint density at radius 2 is 2.11 bits per heavy atom. The van der Waals surface area contributed by atoms with E-state index in [1.54, 1.807) is 7.05 Å². The summed E-state index contributed by atoms with van der Waals surface area (Å²) in [4.78, 5) is 4.35. The lowest BCUT2D eigenvalue weighted by Gasteiger charge is -2.18. The minimum absolute atomic E-state index is 0.263. The first kappa shape index (κ1) is 20.8. The van der Waals surface area contributed by atoms with Gasteiger partial charge < -0.3 is 15.4 Å². The van der Waals surface area contributed by atoms with Crippen molar-refractivity contribution in [1.29, 1.82) is 0 Å². The molecule has 1 heterocycles. The molecule has 0 spiro atoms. The minimum atomic E-state index is 0.263. The SMILES string of the molecule is CCOc1cccc(CCNC(=NC)NC(C)Cc2c(C)nn(C)c2C)c1. The molecular weight excluding hydrogens is 338 g/mol. The zero-order chi connectivity index (χ0) is 19.8. The molecule has 1 unspecified atom stereocenters. The van der Waals surface area contributed by atoms with Crippen LogP contribution >= 0.6 is 0 Å². The molecular formula is C21H33N5O. The fourth-order valence-electron chi connectivity index (χ4n) is 3.18. The Hall–Kier alpha value is -2.50. The van der Waals surface area contributed by atoms with E-state index >= 15 is 0 Å².